The molecule has 3 heterocycles. The Morgan fingerprint density at radius 3 is 2.55 bits per heavy atom. The molecule has 1 saturated carbocycles. The first-order valence-corrected chi connectivity index (χ1v) is 14.2. The van der Waals surface area contributed by atoms with Crippen molar-refractivity contribution in [3.8, 4) is 0 Å². The minimum absolute atomic E-state index is 0.0339. The molecule has 1 aromatic heterocycles. The summed E-state index contributed by atoms with van der Waals surface area (Å²) in [5.74, 6) is -2.07. The molecular weight excluding hydrogens is 514 g/mol. The number of nitrogens with zero attached hydrogens (tertiary/aromatic N) is 1. The van der Waals surface area contributed by atoms with Crippen LogP contribution in [0.3, 0.4) is 0 Å². The van der Waals surface area contributed by atoms with E-state index >= 15 is 0 Å². The van der Waals surface area contributed by atoms with E-state index in [0.29, 0.717) is 32.7 Å². The number of allylic oxidation sites excluding steroid dienone is 2. The van der Waals surface area contributed by atoms with Crippen molar-refractivity contribution in [1.82, 2.24) is 4.90 Å². The van der Waals surface area contributed by atoms with Crippen LogP contribution in [0.1, 0.15) is 52.0 Å². The van der Waals surface area contributed by atoms with Gasteiger partial charge in [-0.2, -0.15) is 0 Å². The molecule has 9 nitrogen and oxygen atoms in total. The molecule has 5 aliphatic rings. The van der Waals surface area contributed by atoms with E-state index in [2.05, 4.69) is 6.92 Å². The number of rotatable bonds is 4. The van der Waals surface area contributed by atoms with E-state index in [1.54, 1.807) is 23.5 Å². The normalized spacial score (nSPS) is 42.5. The van der Waals surface area contributed by atoms with Crippen LogP contribution in [0.15, 0.2) is 46.3 Å². The molecule has 0 spiro atoms. The van der Waals surface area contributed by atoms with Gasteiger partial charge in [-0.25, -0.2) is 0 Å². The Morgan fingerprint density at radius 2 is 1.90 bits per heavy atom. The van der Waals surface area contributed by atoms with Gasteiger partial charge in [-0.3, -0.25) is 14.4 Å². The number of methoxy groups -OCH3 is 1. The van der Waals surface area contributed by atoms with E-state index in [9.17, 15) is 19.5 Å². The first-order chi connectivity index (χ1) is 19.0. The maximum atomic E-state index is 14.1. The molecule has 0 unspecified atom stereocenters. The number of carbonyl (C=O) groups excluding carboxylic acids is 3. The number of ether oxygens (including phenoxy) is 3. The summed E-state index contributed by atoms with van der Waals surface area (Å²) < 4.78 is 22.7. The number of hydrogen-bond donors (Lipinski definition) is 1. The van der Waals surface area contributed by atoms with Crippen molar-refractivity contribution >= 4 is 17.7 Å². The van der Waals surface area contributed by atoms with Gasteiger partial charge in [-0.05, 0) is 49.5 Å². The van der Waals surface area contributed by atoms with Crippen LogP contribution < -0.4 is 0 Å². The monoisotopic (exact) mass is 553 g/mol. The first kappa shape index (κ1) is 27.4. The minimum Gasteiger partial charge on any atom is -0.472 e. The molecule has 216 valence electrons. The summed E-state index contributed by atoms with van der Waals surface area (Å²) in [6.45, 7) is 9.53. The fourth-order valence-corrected chi connectivity index (χ4v) is 9.19. The summed E-state index contributed by atoms with van der Waals surface area (Å²) in [6, 6.07) is 1.95. The quantitative estimate of drug-likeness (QED) is 0.447. The van der Waals surface area contributed by atoms with E-state index in [1.165, 1.54) is 13.2 Å². The molecule has 40 heavy (non-hydrogen) atoms. The highest BCUT2D eigenvalue weighted by Crippen LogP contribution is 2.70. The third kappa shape index (κ3) is 3.53. The fraction of sp³-hybridized carbons (Fsp3) is 0.645. The average Bonchev–Trinajstić information content (AvgIpc) is 3.66. The van der Waals surface area contributed by atoms with Crippen LogP contribution in [0, 0.1) is 28.1 Å². The number of amides is 1. The SMILES string of the molecule is COC(=O)C[C@H]1[C@]2(C)C3=C(C)[C@H](c4ccoc4)C[C@H]3O[C@@H]2[C@H](O)[C@@H]2[C@]1(C)C(=O)C=C[C@@]2(C)C(=O)N1CCOCC1. The topological polar surface area (TPSA) is 116 Å². The Hall–Kier alpha value is -2.75. The van der Waals surface area contributed by atoms with E-state index in [4.69, 9.17) is 18.6 Å². The lowest BCUT2D eigenvalue weighted by molar-refractivity contribution is -0.214. The average molecular weight is 554 g/mol. The summed E-state index contributed by atoms with van der Waals surface area (Å²) >= 11 is 0. The molecule has 3 aliphatic carbocycles. The Morgan fingerprint density at radius 1 is 1.18 bits per heavy atom. The van der Waals surface area contributed by atoms with Crippen molar-refractivity contribution in [2.24, 2.45) is 28.1 Å². The summed E-state index contributed by atoms with van der Waals surface area (Å²) in [6.07, 6.45) is 5.11. The number of morpholine rings is 1. The number of hydrogen-bond acceptors (Lipinski definition) is 8. The van der Waals surface area contributed by atoms with E-state index in [1.807, 2.05) is 26.8 Å². The van der Waals surface area contributed by atoms with Gasteiger partial charge in [0.15, 0.2) is 5.78 Å². The molecule has 9 heteroatoms. The Labute approximate surface area is 234 Å². The first-order valence-electron chi connectivity index (χ1n) is 14.2. The molecule has 1 amide bonds. The number of fused-ring (bicyclic) bond motifs is 4. The van der Waals surface area contributed by atoms with Gasteiger partial charge in [-0.15, -0.1) is 0 Å². The van der Waals surface area contributed by atoms with Gasteiger partial charge in [0.2, 0.25) is 5.91 Å². The van der Waals surface area contributed by atoms with Gasteiger partial charge in [0.1, 0.15) is 0 Å². The molecule has 2 saturated heterocycles. The summed E-state index contributed by atoms with van der Waals surface area (Å²) in [5.41, 5.74) is -0.0435. The van der Waals surface area contributed by atoms with E-state index in [-0.39, 0.29) is 30.1 Å². The van der Waals surface area contributed by atoms with Crippen LogP contribution in [0.5, 0.6) is 0 Å². The summed E-state index contributed by atoms with van der Waals surface area (Å²) in [5, 5.41) is 12.2. The highest BCUT2D eigenvalue weighted by Gasteiger charge is 2.74. The van der Waals surface area contributed by atoms with Gasteiger partial charge < -0.3 is 28.6 Å². The zero-order valence-corrected chi connectivity index (χ0v) is 23.8. The largest absolute Gasteiger partial charge is 0.472 e. The molecule has 3 fully saturated rings. The van der Waals surface area contributed by atoms with Crippen molar-refractivity contribution in [2.75, 3.05) is 33.4 Å². The lowest BCUT2D eigenvalue weighted by atomic mass is 9.41. The zero-order chi connectivity index (χ0) is 28.6. The lowest BCUT2D eigenvalue weighted by Crippen LogP contribution is -2.70. The van der Waals surface area contributed by atoms with Gasteiger partial charge in [0, 0.05) is 35.8 Å². The summed E-state index contributed by atoms with van der Waals surface area (Å²) in [4.78, 5) is 43.0. The number of aliphatic hydroxyl groups excluding tert-OH is 1. The smallest absolute Gasteiger partial charge is 0.305 e. The highest BCUT2D eigenvalue weighted by atomic mass is 16.5. The maximum Gasteiger partial charge on any atom is 0.305 e. The van der Waals surface area contributed by atoms with Crippen molar-refractivity contribution < 1.29 is 38.1 Å². The van der Waals surface area contributed by atoms with Gasteiger partial charge in [0.25, 0.3) is 0 Å². The number of esters is 1. The standard InChI is InChI=1S/C31H39NO8/c1-17-19(18-7-11-39-16-18)14-20-24(17)31(4)21(15-23(34)37-5)30(3)22(33)6-8-29(2,26(30)25(35)27(31)40-20)28(36)32-9-12-38-13-10-32/h6-8,11,16,19-21,25-27,35H,9-10,12-15H2,1-5H3/t19-,20-,21-,25-,26+,27-,29-,30+,31-/m1/s1. The van der Waals surface area contributed by atoms with Crippen LogP contribution in [-0.2, 0) is 28.6 Å². The molecule has 1 N–H and O–H groups in total. The Kier molecular flexibility index (Phi) is 6.44. The molecular formula is C31H39NO8. The highest BCUT2D eigenvalue weighted by molar-refractivity contribution is 6.00. The number of aliphatic hydroxyl groups is 1. The molecule has 2 aliphatic heterocycles. The predicted molar refractivity (Wildman–Crippen MR) is 143 cm³/mol. The summed E-state index contributed by atoms with van der Waals surface area (Å²) in [7, 11) is 1.34. The molecule has 6 rings (SSSR count). The minimum atomic E-state index is -1.23. The molecule has 9 atom stereocenters. The van der Waals surface area contributed by atoms with Crippen molar-refractivity contribution in [1.29, 1.82) is 0 Å². The second-order valence-corrected chi connectivity index (χ2v) is 12.7. The fourth-order valence-electron chi connectivity index (χ4n) is 9.19. The van der Waals surface area contributed by atoms with E-state index in [0.717, 1.165) is 16.7 Å². The van der Waals surface area contributed by atoms with Crippen LogP contribution >= 0.6 is 0 Å². The Balaban J connectivity index is 1.51. The number of carbonyl (C=O) groups is 3. The molecule has 0 bridgehead atoms. The van der Waals surface area contributed by atoms with Crippen LogP contribution in [0.2, 0.25) is 0 Å². The van der Waals surface area contributed by atoms with Crippen LogP contribution in [0.4, 0.5) is 0 Å². The van der Waals surface area contributed by atoms with Crippen LogP contribution in [0.25, 0.3) is 0 Å². The molecule has 1 aromatic rings. The zero-order valence-electron chi connectivity index (χ0n) is 23.8. The molecule has 0 aromatic carbocycles. The maximum absolute atomic E-state index is 14.1. The van der Waals surface area contributed by atoms with Gasteiger partial charge >= 0.3 is 5.97 Å². The molecule has 0 radical (unpaired) electrons. The van der Waals surface area contributed by atoms with Gasteiger partial charge in [-0.1, -0.05) is 25.5 Å². The van der Waals surface area contributed by atoms with Crippen LogP contribution in [-0.4, -0.2) is 79.4 Å². The second-order valence-electron chi connectivity index (χ2n) is 12.7. The Bertz CT molecular complexity index is 1280. The number of ketones is 1. The second kappa shape index (κ2) is 9.39. The van der Waals surface area contributed by atoms with Crippen molar-refractivity contribution in [3.05, 3.63) is 47.5 Å². The third-order valence-corrected chi connectivity index (χ3v) is 11.0. The third-order valence-electron chi connectivity index (χ3n) is 11.0. The lowest BCUT2D eigenvalue weighted by Gasteiger charge is -2.62. The van der Waals surface area contributed by atoms with E-state index < -0.39 is 46.3 Å². The van der Waals surface area contributed by atoms with Crippen molar-refractivity contribution in [3.63, 3.8) is 0 Å². The number of furan rings is 1. The predicted octanol–water partition coefficient (Wildman–Crippen LogP) is 3.04. The van der Waals surface area contributed by atoms with Crippen molar-refractivity contribution in [2.45, 2.75) is 64.8 Å². The van der Waals surface area contributed by atoms with Gasteiger partial charge in [0.05, 0.1) is 63.0 Å².